The summed E-state index contributed by atoms with van der Waals surface area (Å²) in [6.07, 6.45) is 2.56. The molecular weight excluding hydrogens is 280 g/mol. The van der Waals surface area contributed by atoms with Gasteiger partial charge in [-0.25, -0.2) is 0 Å². The minimum Gasteiger partial charge on any atom is -0.268 e. The molecule has 0 heterocycles. The topological polar surface area (TPSA) is 86.7 Å². The molecule has 18 heavy (non-hydrogen) atoms. The largest absolute Gasteiger partial charge is 0.268 e. The Morgan fingerprint density at radius 1 is 0.722 bits per heavy atom. The fraction of sp³-hybridized carbons (Fsp3) is 1.00. The monoisotopic (exact) mass is 302 g/mol. The lowest BCUT2D eigenvalue weighted by atomic mass is 10.4. The molecule has 0 spiro atoms. The van der Waals surface area contributed by atoms with Crippen molar-refractivity contribution in [2.75, 3.05) is 24.7 Å². The molecule has 0 aliphatic heterocycles. The van der Waals surface area contributed by atoms with Crippen molar-refractivity contribution in [1.82, 2.24) is 0 Å². The van der Waals surface area contributed by atoms with Crippen molar-refractivity contribution in [2.24, 2.45) is 0 Å². The van der Waals surface area contributed by atoms with Gasteiger partial charge in [0.15, 0.2) is 0 Å². The van der Waals surface area contributed by atoms with Gasteiger partial charge >= 0.3 is 0 Å². The maximum atomic E-state index is 11.3. The SMILES string of the molecule is CCCCS(=O)(=O)OCCOS(=O)(=O)CCCC. The van der Waals surface area contributed by atoms with Gasteiger partial charge in [0.1, 0.15) is 0 Å². The number of hydrogen-bond donors (Lipinski definition) is 0. The van der Waals surface area contributed by atoms with Gasteiger partial charge < -0.3 is 0 Å². The third-order valence-electron chi connectivity index (χ3n) is 2.10. The summed E-state index contributed by atoms with van der Waals surface area (Å²) in [5.41, 5.74) is 0. The first-order valence-electron chi connectivity index (χ1n) is 6.07. The maximum Gasteiger partial charge on any atom is 0.267 e. The van der Waals surface area contributed by atoms with Crippen molar-refractivity contribution >= 4 is 20.2 Å². The van der Waals surface area contributed by atoms with Crippen LogP contribution in [0.1, 0.15) is 39.5 Å². The van der Waals surface area contributed by atoms with Crippen LogP contribution in [0, 0.1) is 0 Å². The summed E-state index contributed by atoms with van der Waals surface area (Å²) in [5, 5.41) is 0. The second kappa shape index (κ2) is 8.84. The molecule has 8 heteroatoms. The predicted molar refractivity (Wildman–Crippen MR) is 69.3 cm³/mol. The molecule has 0 aliphatic carbocycles. The number of rotatable bonds is 11. The Morgan fingerprint density at radius 2 is 1.06 bits per heavy atom. The fourth-order valence-corrected chi connectivity index (χ4v) is 3.25. The van der Waals surface area contributed by atoms with Gasteiger partial charge in [-0.1, -0.05) is 26.7 Å². The molecule has 0 radical (unpaired) electrons. The highest BCUT2D eigenvalue weighted by Gasteiger charge is 2.13. The summed E-state index contributed by atoms with van der Waals surface area (Å²) in [7, 11) is -7.11. The molecule has 0 saturated heterocycles. The van der Waals surface area contributed by atoms with Crippen LogP contribution in [0.15, 0.2) is 0 Å². The average Bonchev–Trinajstić information content (AvgIpc) is 2.30. The zero-order chi connectivity index (χ0) is 14.1. The Morgan fingerprint density at radius 3 is 1.33 bits per heavy atom. The van der Waals surface area contributed by atoms with Gasteiger partial charge in [-0.15, -0.1) is 0 Å². The zero-order valence-corrected chi connectivity index (χ0v) is 12.6. The van der Waals surface area contributed by atoms with Crippen molar-refractivity contribution < 1.29 is 25.2 Å². The van der Waals surface area contributed by atoms with E-state index in [1.54, 1.807) is 0 Å². The van der Waals surface area contributed by atoms with Crippen molar-refractivity contribution in [2.45, 2.75) is 39.5 Å². The molecule has 0 saturated carbocycles. The summed E-state index contributed by atoms with van der Waals surface area (Å²) in [4.78, 5) is 0. The van der Waals surface area contributed by atoms with Gasteiger partial charge in [0.2, 0.25) is 0 Å². The molecule has 0 aliphatic rings. The fourth-order valence-electron chi connectivity index (χ4n) is 1.08. The molecule has 0 aromatic rings. The van der Waals surface area contributed by atoms with E-state index in [0.717, 1.165) is 12.8 Å². The van der Waals surface area contributed by atoms with Crippen LogP contribution in [0.5, 0.6) is 0 Å². The number of unbranched alkanes of at least 4 members (excludes halogenated alkanes) is 2. The Kier molecular flexibility index (Phi) is 8.75. The van der Waals surface area contributed by atoms with Gasteiger partial charge in [0, 0.05) is 0 Å². The van der Waals surface area contributed by atoms with Gasteiger partial charge in [-0.3, -0.25) is 8.37 Å². The standard InChI is InChI=1S/C10H22O6S2/c1-3-5-9-17(11,12)15-7-8-16-18(13,14)10-6-4-2/h3-10H2,1-2H3. The van der Waals surface area contributed by atoms with Crippen molar-refractivity contribution in [3.63, 3.8) is 0 Å². The molecule has 0 bridgehead atoms. The molecule has 6 nitrogen and oxygen atoms in total. The van der Waals surface area contributed by atoms with Gasteiger partial charge in [-0.05, 0) is 12.8 Å². The van der Waals surface area contributed by atoms with Crippen molar-refractivity contribution in [1.29, 1.82) is 0 Å². The third-order valence-corrected chi connectivity index (χ3v) is 4.73. The maximum absolute atomic E-state index is 11.3. The highest BCUT2D eigenvalue weighted by atomic mass is 32.2. The van der Waals surface area contributed by atoms with Crippen LogP contribution in [0.2, 0.25) is 0 Å². The van der Waals surface area contributed by atoms with Gasteiger partial charge in [0.05, 0.1) is 24.7 Å². The number of hydrogen-bond acceptors (Lipinski definition) is 6. The van der Waals surface area contributed by atoms with Crippen molar-refractivity contribution in [3.8, 4) is 0 Å². The van der Waals surface area contributed by atoms with E-state index in [2.05, 4.69) is 8.37 Å². The van der Waals surface area contributed by atoms with Crippen LogP contribution >= 0.6 is 0 Å². The molecule has 0 fully saturated rings. The average molecular weight is 302 g/mol. The van der Waals surface area contributed by atoms with E-state index < -0.39 is 20.2 Å². The molecule has 0 aromatic heterocycles. The molecule has 0 rings (SSSR count). The van der Waals surface area contributed by atoms with Crippen LogP contribution in [-0.2, 0) is 28.6 Å². The minimum absolute atomic E-state index is 0.0495. The molecule has 0 N–H and O–H groups in total. The summed E-state index contributed by atoms with van der Waals surface area (Å²) in [6.45, 7) is 3.21. The lowest BCUT2D eigenvalue weighted by Crippen LogP contribution is -2.18. The molecule has 110 valence electrons. The lowest BCUT2D eigenvalue weighted by Gasteiger charge is -2.06. The summed E-state index contributed by atoms with van der Waals surface area (Å²) in [5.74, 6) is -0.0990. The van der Waals surface area contributed by atoms with Crippen LogP contribution in [0.4, 0.5) is 0 Å². The van der Waals surface area contributed by atoms with E-state index in [4.69, 9.17) is 0 Å². The van der Waals surface area contributed by atoms with Crippen molar-refractivity contribution in [3.05, 3.63) is 0 Å². The molecular formula is C10H22O6S2. The Balaban J connectivity index is 3.86. The van der Waals surface area contributed by atoms with Crippen LogP contribution < -0.4 is 0 Å². The first-order chi connectivity index (χ1) is 8.33. The van der Waals surface area contributed by atoms with E-state index in [1.165, 1.54) is 0 Å². The van der Waals surface area contributed by atoms with E-state index in [-0.39, 0.29) is 24.7 Å². The Labute approximate surface area is 110 Å². The quantitative estimate of drug-likeness (QED) is 0.422. The normalized spacial score (nSPS) is 12.8. The van der Waals surface area contributed by atoms with E-state index >= 15 is 0 Å². The molecule has 0 atom stereocenters. The van der Waals surface area contributed by atoms with Gasteiger partial charge in [0.25, 0.3) is 20.2 Å². The molecule has 0 aromatic carbocycles. The van der Waals surface area contributed by atoms with E-state index in [0.29, 0.717) is 12.8 Å². The Bertz CT molecular complexity index is 358. The smallest absolute Gasteiger partial charge is 0.267 e. The van der Waals surface area contributed by atoms with E-state index in [9.17, 15) is 16.8 Å². The van der Waals surface area contributed by atoms with Gasteiger partial charge in [-0.2, -0.15) is 16.8 Å². The second-order valence-corrected chi connectivity index (χ2v) is 7.39. The Hall–Kier alpha value is -0.180. The first kappa shape index (κ1) is 17.8. The lowest BCUT2D eigenvalue weighted by molar-refractivity contribution is 0.224. The summed E-state index contributed by atoms with van der Waals surface area (Å²) < 4.78 is 54.3. The third kappa shape index (κ3) is 9.81. The summed E-state index contributed by atoms with van der Waals surface area (Å²) >= 11 is 0. The summed E-state index contributed by atoms with van der Waals surface area (Å²) in [6, 6.07) is 0. The molecule has 0 amide bonds. The van der Waals surface area contributed by atoms with E-state index in [1.807, 2.05) is 13.8 Å². The minimum atomic E-state index is -3.55. The molecule has 0 unspecified atom stereocenters. The van der Waals surface area contributed by atoms with Crippen LogP contribution in [-0.4, -0.2) is 41.6 Å². The van der Waals surface area contributed by atoms with Crippen LogP contribution in [0.3, 0.4) is 0 Å². The second-order valence-electron chi connectivity index (χ2n) is 3.87. The zero-order valence-electron chi connectivity index (χ0n) is 10.9. The first-order valence-corrected chi connectivity index (χ1v) is 9.22. The van der Waals surface area contributed by atoms with Crippen LogP contribution in [0.25, 0.3) is 0 Å². The highest BCUT2D eigenvalue weighted by Crippen LogP contribution is 2.01. The predicted octanol–water partition coefficient (Wildman–Crippen LogP) is 1.28. The highest BCUT2D eigenvalue weighted by molar-refractivity contribution is 7.87.